The van der Waals surface area contributed by atoms with E-state index < -0.39 is 0 Å². The summed E-state index contributed by atoms with van der Waals surface area (Å²) in [6.45, 7) is 1.89. The van der Waals surface area contributed by atoms with Gasteiger partial charge in [0.25, 0.3) is 0 Å². The molecule has 3 heteroatoms. The molecule has 0 aliphatic rings. The summed E-state index contributed by atoms with van der Waals surface area (Å²) in [4.78, 5) is 0. The zero-order chi connectivity index (χ0) is 7.56. The second-order valence-electron chi connectivity index (χ2n) is 2.20. The molecule has 4 N–H and O–H groups in total. The van der Waals surface area contributed by atoms with Gasteiger partial charge in [0.2, 0.25) is 0 Å². The number of aromatic hydroxyl groups is 1. The van der Waals surface area contributed by atoms with Gasteiger partial charge in [0.1, 0.15) is 5.75 Å². The molecule has 10 heavy (non-hydrogen) atoms. The Morgan fingerprint density at radius 1 is 1.40 bits per heavy atom. The number of hydrogen-bond donors (Lipinski definition) is 3. The van der Waals surface area contributed by atoms with Gasteiger partial charge in [-0.05, 0) is 24.6 Å². The van der Waals surface area contributed by atoms with Gasteiger partial charge in [-0.25, -0.2) is 0 Å². The van der Waals surface area contributed by atoms with Gasteiger partial charge in [-0.3, -0.25) is 5.84 Å². The van der Waals surface area contributed by atoms with Crippen LogP contribution in [-0.2, 0) is 0 Å². The van der Waals surface area contributed by atoms with E-state index in [1.807, 2.05) is 13.0 Å². The zero-order valence-electron chi connectivity index (χ0n) is 5.76. The highest BCUT2D eigenvalue weighted by Gasteiger charge is 1.92. The Kier molecular flexibility index (Phi) is 1.78. The van der Waals surface area contributed by atoms with Crippen LogP contribution in [0.5, 0.6) is 5.75 Å². The van der Waals surface area contributed by atoms with Gasteiger partial charge in [-0.15, -0.1) is 0 Å². The molecular weight excluding hydrogens is 128 g/mol. The molecule has 54 valence electrons. The van der Waals surface area contributed by atoms with Gasteiger partial charge in [0, 0.05) is 6.07 Å². The minimum absolute atomic E-state index is 0.230. The summed E-state index contributed by atoms with van der Waals surface area (Å²) in [5, 5.41) is 9.03. The Hall–Kier alpha value is -1.22. The fourth-order valence-electron chi connectivity index (χ4n) is 0.846. The second-order valence-corrected chi connectivity index (χ2v) is 2.20. The van der Waals surface area contributed by atoms with Crippen molar-refractivity contribution in [2.45, 2.75) is 6.92 Å². The highest BCUT2D eigenvalue weighted by molar-refractivity contribution is 5.49. The van der Waals surface area contributed by atoms with Crippen LogP contribution >= 0.6 is 0 Å². The van der Waals surface area contributed by atoms with E-state index in [0.717, 1.165) is 11.3 Å². The molecular formula is C7H10N2O. The SMILES string of the molecule is Cc1cc(O)cc(NN)c1. The van der Waals surface area contributed by atoms with E-state index in [-0.39, 0.29) is 5.75 Å². The molecule has 0 radical (unpaired) electrons. The molecule has 0 aliphatic heterocycles. The number of rotatable bonds is 1. The van der Waals surface area contributed by atoms with E-state index in [2.05, 4.69) is 5.43 Å². The van der Waals surface area contributed by atoms with E-state index in [1.165, 1.54) is 0 Å². The molecule has 0 spiro atoms. The van der Waals surface area contributed by atoms with Crippen molar-refractivity contribution in [3.63, 3.8) is 0 Å². The zero-order valence-corrected chi connectivity index (χ0v) is 5.76. The van der Waals surface area contributed by atoms with Crippen molar-refractivity contribution in [3.05, 3.63) is 23.8 Å². The summed E-state index contributed by atoms with van der Waals surface area (Å²) in [6, 6.07) is 5.08. The molecule has 1 rings (SSSR count). The summed E-state index contributed by atoms with van der Waals surface area (Å²) >= 11 is 0. The molecule has 0 heterocycles. The number of nitrogens with two attached hydrogens (primary N) is 1. The molecule has 0 saturated heterocycles. The van der Waals surface area contributed by atoms with Crippen LogP contribution in [0.15, 0.2) is 18.2 Å². The average Bonchev–Trinajstić information content (AvgIpc) is 1.85. The van der Waals surface area contributed by atoms with Crippen LogP contribution in [0, 0.1) is 6.92 Å². The third-order valence-corrected chi connectivity index (χ3v) is 1.23. The van der Waals surface area contributed by atoms with Crippen LogP contribution in [0.25, 0.3) is 0 Å². The minimum Gasteiger partial charge on any atom is -0.508 e. The van der Waals surface area contributed by atoms with E-state index in [1.54, 1.807) is 12.1 Å². The number of phenols is 1. The number of hydrazine groups is 1. The van der Waals surface area contributed by atoms with Crippen LogP contribution in [0.4, 0.5) is 5.69 Å². The molecule has 0 amide bonds. The number of nitrogen functional groups attached to an aromatic ring is 1. The van der Waals surface area contributed by atoms with E-state index in [0.29, 0.717) is 0 Å². The number of aryl methyl sites for hydroxylation is 1. The summed E-state index contributed by atoms with van der Waals surface area (Å²) in [7, 11) is 0. The van der Waals surface area contributed by atoms with Gasteiger partial charge >= 0.3 is 0 Å². The van der Waals surface area contributed by atoms with Crippen molar-refractivity contribution in [1.82, 2.24) is 0 Å². The first-order chi connectivity index (χ1) is 4.72. The standard InChI is InChI=1S/C7H10N2O/c1-5-2-6(9-8)4-7(10)3-5/h2-4,9-10H,8H2,1H3. The van der Waals surface area contributed by atoms with Crippen molar-refractivity contribution >= 4 is 5.69 Å². The van der Waals surface area contributed by atoms with Crippen molar-refractivity contribution in [2.24, 2.45) is 5.84 Å². The smallest absolute Gasteiger partial charge is 0.117 e. The van der Waals surface area contributed by atoms with Crippen LogP contribution in [0.1, 0.15) is 5.56 Å². The van der Waals surface area contributed by atoms with E-state index >= 15 is 0 Å². The molecule has 0 unspecified atom stereocenters. The maximum atomic E-state index is 9.03. The third-order valence-electron chi connectivity index (χ3n) is 1.23. The normalized spacial score (nSPS) is 9.40. The number of hydrogen-bond acceptors (Lipinski definition) is 3. The summed E-state index contributed by atoms with van der Waals surface area (Å²) in [5.41, 5.74) is 4.15. The molecule has 0 aromatic heterocycles. The Morgan fingerprint density at radius 3 is 2.60 bits per heavy atom. The molecule has 0 bridgehead atoms. The largest absolute Gasteiger partial charge is 0.508 e. The van der Waals surface area contributed by atoms with Crippen LogP contribution in [0.3, 0.4) is 0 Å². The predicted octanol–water partition coefficient (Wildman–Crippen LogP) is 0.986. The molecule has 3 nitrogen and oxygen atoms in total. The topological polar surface area (TPSA) is 58.3 Å². The quantitative estimate of drug-likeness (QED) is 0.400. The summed E-state index contributed by atoms with van der Waals surface area (Å²) in [5.74, 6) is 5.36. The molecule has 0 saturated carbocycles. The Bertz CT molecular complexity index is 215. The minimum atomic E-state index is 0.230. The number of benzene rings is 1. The first kappa shape index (κ1) is 6.89. The predicted molar refractivity (Wildman–Crippen MR) is 40.7 cm³/mol. The van der Waals surface area contributed by atoms with Gasteiger partial charge in [-0.1, -0.05) is 0 Å². The van der Waals surface area contributed by atoms with Crippen LogP contribution in [0.2, 0.25) is 0 Å². The van der Waals surface area contributed by atoms with E-state index in [9.17, 15) is 0 Å². The fraction of sp³-hybridized carbons (Fsp3) is 0.143. The Morgan fingerprint density at radius 2 is 2.10 bits per heavy atom. The number of nitrogens with one attached hydrogen (secondary N) is 1. The molecule has 0 aliphatic carbocycles. The maximum absolute atomic E-state index is 9.03. The van der Waals surface area contributed by atoms with Gasteiger partial charge in [-0.2, -0.15) is 0 Å². The average molecular weight is 138 g/mol. The lowest BCUT2D eigenvalue weighted by atomic mass is 10.2. The first-order valence-corrected chi connectivity index (χ1v) is 2.99. The monoisotopic (exact) mass is 138 g/mol. The number of phenolic OH excluding ortho intramolecular Hbond substituents is 1. The van der Waals surface area contributed by atoms with Gasteiger partial charge in [0.05, 0.1) is 5.69 Å². The van der Waals surface area contributed by atoms with Gasteiger partial charge in [0.15, 0.2) is 0 Å². The lowest BCUT2D eigenvalue weighted by Crippen LogP contribution is -2.06. The first-order valence-electron chi connectivity index (χ1n) is 2.99. The number of anilines is 1. The molecule has 1 aromatic carbocycles. The van der Waals surface area contributed by atoms with E-state index in [4.69, 9.17) is 10.9 Å². The third kappa shape index (κ3) is 1.39. The van der Waals surface area contributed by atoms with Crippen molar-refractivity contribution < 1.29 is 5.11 Å². The highest BCUT2D eigenvalue weighted by atomic mass is 16.3. The highest BCUT2D eigenvalue weighted by Crippen LogP contribution is 2.17. The van der Waals surface area contributed by atoms with Crippen LogP contribution in [-0.4, -0.2) is 5.11 Å². The Labute approximate surface area is 59.5 Å². The van der Waals surface area contributed by atoms with Crippen molar-refractivity contribution in [1.29, 1.82) is 0 Å². The van der Waals surface area contributed by atoms with Crippen molar-refractivity contribution in [3.8, 4) is 5.75 Å². The van der Waals surface area contributed by atoms with Crippen LogP contribution < -0.4 is 11.3 Å². The molecule has 0 fully saturated rings. The lowest BCUT2D eigenvalue weighted by Gasteiger charge is -2.01. The van der Waals surface area contributed by atoms with Crippen molar-refractivity contribution in [2.75, 3.05) is 5.43 Å². The summed E-state index contributed by atoms with van der Waals surface area (Å²) < 4.78 is 0. The maximum Gasteiger partial charge on any atom is 0.117 e. The molecule has 0 atom stereocenters. The fourth-order valence-corrected chi connectivity index (χ4v) is 0.846. The lowest BCUT2D eigenvalue weighted by molar-refractivity contribution is 0.475. The molecule has 1 aromatic rings. The second kappa shape index (κ2) is 2.58. The van der Waals surface area contributed by atoms with Gasteiger partial charge < -0.3 is 10.5 Å². The Balaban J connectivity index is 3.06. The summed E-state index contributed by atoms with van der Waals surface area (Å²) in [6.07, 6.45) is 0.